The normalized spacial score (nSPS) is 27.6. The molecule has 234 valence electrons. The number of carbonyl (C=O) groups excluding carboxylic acids is 3. The first kappa shape index (κ1) is 32.8. The lowest BCUT2D eigenvalue weighted by molar-refractivity contribution is -0.154. The summed E-state index contributed by atoms with van der Waals surface area (Å²) in [4.78, 5) is 46.3. The third-order valence-electron chi connectivity index (χ3n) is 8.92. The number of ether oxygens (including phenoxy) is 1. The predicted octanol–water partition coefficient (Wildman–Crippen LogP) is 5.83. The second-order valence-corrected chi connectivity index (χ2v) is 14.7. The number of fused-ring (bicyclic) bond motifs is 1. The summed E-state index contributed by atoms with van der Waals surface area (Å²) in [5.74, 6) is -2.49. The number of likely N-dealkylation sites (tertiary alicyclic amines) is 1. The number of aliphatic hydroxyl groups excluding tert-OH is 1. The van der Waals surface area contributed by atoms with Crippen LogP contribution in [0, 0.1) is 11.8 Å². The van der Waals surface area contributed by atoms with Gasteiger partial charge in [0.2, 0.25) is 5.91 Å². The van der Waals surface area contributed by atoms with E-state index in [0.29, 0.717) is 30.0 Å². The predicted molar refractivity (Wildman–Crippen MR) is 179 cm³/mol. The fourth-order valence-corrected chi connectivity index (χ4v) is 10.9. The molecule has 2 aromatic rings. The van der Waals surface area contributed by atoms with E-state index in [9.17, 15) is 19.5 Å². The van der Waals surface area contributed by atoms with E-state index in [1.54, 1.807) is 51.9 Å². The fourth-order valence-electron chi connectivity index (χ4n) is 7.06. The van der Waals surface area contributed by atoms with Gasteiger partial charge in [-0.2, -0.15) is 0 Å². The van der Waals surface area contributed by atoms with Crippen LogP contribution >= 0.6 is 39.3 Å². The molecule has 5 rings (SSSR count). The molecule has 1 spiro atoms. The van der Waals surface area contributed by atoms with Crippen LogP contribution in [0.15, 0.2) is 79.9 Å². The summed E-state index contributed by atoms with van der Waals surface area (Å²) in [5.41, 5.74) is 1.44. The smallest absolute Gasteiger partial charge is 0.310 e. The summed E-state index contributed by atoms with van der Waals surface area (Å²) >= 11 is 11.9. The summed E-state index contributed by atoms with van der Waals surface area (Å²) < 4.78 is 4.86. The second-order valence-electron chi connectivity index (χ2n) is 11.6. The van der Waals surface area contributed by atoms with Gasteiger partial charge in [-0.1, -0.05) is 82.1 Å². The Morgan fingerprint density at radius 2 is 1.89 bits per heavy atom. The van der Waals surface area contributed by atoms with Gasteiger partial charge in [-0.15, -0.1) is 24.9 Å². The average molecular weight is 702 g/mol. The van der Waals surface area contributed by atoms with Crippen molar-refractivity contribution in [1.82, 2.24) is 4.90 Å². The van der Waals surface area contributed by atoms with Crippen LogP contribution in [0.2, 0.25) is 5.02 Å². The van der Waals surface area contributed by atoms with Crippen LogP contribution in [-0.2, 0) is 25.5 Å². The number of allylic oxidation sites excluding steroid dienone is 1. The Morgan fingerprint density at radius 3 is 2.57 bits per heavy atom. The Hall–Kier alpha value is -2.59. The molecule has 3 aliphatic rings. The fraction of sp³-hybridized carbons (Fsp3) is 0.441. The number of rotatable bonds is 14. The Bertz CT molecular complexity index is 1390. The molecule has 3 aliphatic heterocycles. The van der Waals surface area contributed by atoms with Crippen LogP contribution in [0.1, 0.15) is 31.2 Å². The average Bonchev–Trinajstić information content (AvgIpc) is 3.62. The molecule has 0 aliphatic carbocycles. The minimum atomic E-state index is -0.947. The largest absolute Gasteiger partial charge is 0.465 e. The number of carbonyl (C=O) groups is 3. The Balaban J connectivity index is 1.56. The van der Waals surface area contributed by atoms with Gasteiger partial charge in [-0.05, 0) is 49.8 Å². The van der Waals surface area contributed by atoms with Crippen molar-refractivity contribution in [3.63, 3.8) is 0 Å². The van der Waals surface area contributed by atoms with Gasteiger partial charge >= 0.3 is 5.97 Å². The van der Waals surface area contributed by atoms with Gasteiger partial charge in [0.1, 0.15) is 6.04 Å². The minimum Gasteiger partial charge on any atom is -0.465 e. The molecule has 3 fully saturated rings. The first-order valence-electron chi connectivity index (χ1n) is 15.0. The van der Waals surface area contributed by atoms with E-state index in [0.717, 1.165) is 18.4 Å². The monoisotopic (exact) mass is 700 g/mol. The lowest BCUT2D eigenvalue weighted by atomic mass is 9.71. The van der Waals surface area contributed by atoms with Crippen molar-refractivity contribution in [1.29, 1.82) is 0 Å². The van der Waals surface area contributed by atoms with Crippen molar-refractivity contribution >= 4 is 62.8 Å². The molecule has 0 aromatic heterocycles. The maximum atomic E-state index is 14.9. The zero-order valence-electron chi connectivity index (χ0n) is 24.5. The highest BCUT2D eigenvalue weighted by Gasteiger charge is 2.76. The van der Waals surface area contributed by atoms with Gasteiger partial charge in [0, 0.05) is 16.6 Å². The molecular weight excluding hydrogens is 664 g/mol. The Labute approximate surface area is 276 Å². The third-order valence-corrected chi connectivity index (χ3v) is 12.5. The number of unbranched alkanes of at least 4 members (excludes halogenated alkanes) is 2. The second kappa shape index (κ2) is 14.2. The van der Waals surface area contributed by atoms with Crippen molar-refractivity contribution in [2.75, 3.05) is 24.7 Å². The topological polar surface area (TPSA) is 87.1 Å². The van der Waals surface area contributed by atoms with Crippen LogP contribution in [0.25, 0.3) is 0 Å². The molecule has 1 N–H and O–H groups in total. The van der Waals surface area contributed by atoms with Crippen molar-refractivity contribution in [2.45, 2.75) is 59.0 Å². The van der Waals surface area contributed by atoms with E-state index in [2.05, 4.69) is 29.1 Å². The maximum Gasteiger partial charge on any atom is 0.310 e. The standard InChI is InChI=1S/C34H38BrClN2O5S/c1-3-5-6-12-18-43-33(42)27-28-31(40)38(23(21-39)19-22-13-8-7-9-14-22)30(34(28)20-24(35)29(27)44-34)32(41)37(17-4-2)26-16-11-10-15-25(26)36/h3-4,7-11,13-16,23-24,27-30,39H,1-2,5-6,12,17-21H2/t23-,24?,27+,28+,29+,30?,34?/m1/s1. The number of para-hydroxylation sites is 1. The van der Waals surface area contributed by atoms with Gasteiger partial charge in [-0.3, -0.25) is 14.4 Å². The van der Waals surface area contributed by atoms with E-state index in [4.69, 9.17) is 16.3 Å². The number of halogens is 2. The number of aliphatic hydroxyl groups is 1. The van der Waals surface area contributed by atoms with Crippen LogP contribution < -0.4 is 4.90 Å². The first-order chi connectivity index (χ1) is 21.3. The minimum absolute atomic E-state index is 0.0972. The highest BCUT2D eigenvalue weighted by Crippen LogP contribution is 2.68. The molecule has 2 bridgehead atoms. The molecule has 2 amide bonds. The summed E-state index contributed by atoms with van der Waals surface area (Å²) in [6, 6.07) is 15.1. The Morgan fingerprint density at radius 1 is 1.16 bits per heavy atom. The van der Waals surface area contributed by atoms with E-state index >= 15 is 0 Å². The number of esters is 1. The summed E-state index contributed by atoms with van der Waals surface area (Å²) in [5, 5.41) is 10.9. The van der Waals surface area contributed by atoms with Crippen LogP contribution in [0.5, 0.6) is 0 Å². The van der Waals surface area contributed by atoms with Crippen LogP contribution in [0.4, 0.5) is 5.69 Å². The van der Waals surface area contributed by atoms with Gasteiger partial charge in [0.15, 0.2) is 0 Å². The maximum absolute atomic E-state index is 14.9. The molecule has 2 aromatic carbocycles. The quantitative estimate of drug-likeness (QED) is 0.116. The third kappa shape index (κ3) is 6.00. The number of hydrogen-bond acceptors (Lipinski definition) is 6. The highest BCUT2D eigenvalue weighted by molar-refractivity contribution is 9.09. The zero-order chi connectivity index (χ0) is 31.4. The van der Waals surface area contributed by atoms with Crippen molar-refractivity contribution in [3.8, 4) is 0 Å². The van der Waals surface area contributed by atoms with E-state index in [1.165, 1.54) is 0 Å². The number of nitrogens with zero attached hydrogens (tertiary/aromatic N) is 2. The molecule has 0 saturated carbocycles. The highest BCUT2D eigenvalue weighted by atomic mass is 79.9. The molecule has 3 heterocycles. The Kier molecular flexibility index (Phi) is 10.6. The molecule has 3 unspecified atom stereocenters. The van der Waals surface area contributed by atoms with Gasteiger partial charge in [-0.25, -0.2) is 0 Å². The molecular formula is C34H38BrClN2O5S. The zero-order valence-corrected chi connectivity index (χ0v) is 27.7. The molecule has 44 heavy (non-hydrogen) atoms. The van der Waals surface area contributed by atoms with Crippen molar-refractivity contribution in [3.05, 3.63) is 90.5 Å². The number of benzene rings is 2. The molecule has 0 radical (unpaired) electrons. The number of amides is 2. The lowest BCUT2D eigenvalue weighted by Gasteiger charge is -2.40. The summed E-state index contributed by atoms with van der Waals surface area (Å²) in [6.07, 6.45) is 6.73. The molecule has 7 nitrogen and oxygen atoms in total. The molecule has 7 atom stereocenters. The van der Waals surface area contributed by atoms with E-state index in [-0.39, 0.29) is 41.6 Å². The molecule has 10 heteroatoms. The number of hydrogen-bond donors (Lipinski definition) is 1. The van der Waals surface area contributed by atoms with Gasteiger partial charge in [0.25, 0.3) is 5.91 Å². The van der Waals surface area contributed by atoms with Crippen molar-refractivity contribution < 1.29 is 24.2 Å². The summed E-state index contributed by atoms with van der Waals surface area (Å²) in [7, 11) is 0. The van der Waals surface area contributed by atoms with Crippen molar-refractivity contribution in [2.24, 2.45) is 11.8 Å². The lowest BCUT2D eigenvalue weighted by Crippen LogP contribution is -2.58. The number of thioether (sulfide) groups is 1. The van der Waals surface area contributed by atoms with Crippen LogP contribution in [0.3, 0.4) is 0 Å². The van der Waals surface area contributed by atoms with Crippen LogP contribution in [-0.4, -0.2) is 74.5 Å². The SMILES string of the molecule is C=CCCCCOC(=O)[C@H]1[C@H]2C(=O)N([C@@H](CO)Cc3ccccc3)C(C(=O)N(CC=C)c3ccccc3Cl)C23CC(Br)[C@@H]1S3. The molecule has 3 saturated heterocycles. The first-order valence-corrected chi connectivity index (χ1v) is 17.2. The number of anilines is 1. The van der Waals surface area contributed by atoms with E-state index < -0.39 is 34.6 Å². The van der Waals surface area contributed by atoms with E-state index in [1.807, 2.05) is 36.4 Å². The number of alkyl halides is 1. The van der Waals surface area contributed by atoms with Gasteiger partial charge in [0.05, 0.1) is 46.5 Å². The summed E-state index contributed by atoms with van der Waals surface area (Å²) in [6.45, 7) is 7.71. The van der Waals surface area contributed by atoms with Gasteiger partial charge < -0.3 is 19.6 Å².